The zero-order valence-electron chi connectivity index (χ0n) is 13.9. The number of thiazole rings is 1. The summed E-state index contributed by atoms with van der Waals surface area (Å²) >= 11 is 1.39. The number of aromatic nitrogens is 2. The highest BCUT2D eigenvalue weighted by atomic mass is 32.1. The van der Waals surface area contributed by atoms with Crippen LogP contribution in [0.3, 0.4) is 0 Å². The van der Waals surface area contributed by atoms with Crippen LogP contribution < -0.4 is 9.80 Å². The highest BCUT2D eigenvalue weighted by molar-refractivity contribution is 7.17. The van der Waals surface area contributed by atoms with E-state index in [0.29, 0.717) is 11.4 Å². The van der Waals surface area contributed by atoms with E-state index in [-0.39, 0.29) is 5.91 Å². The van der Waals surface area contributed by atoms with Crippen molar-refractivity contribution in [2.75, 3.05) is 29.9 Å². The van der Waals surface area contributed by atoms with Crippen molar-refractivity contribution < 1.29 is 4.79 Å². The predicted molar refractivity (Wildman–Crippen MR) is 101 cm³/mol. The third-order valence-electron chi connectivity index (χ3n) is 4.30. The highest BCUT2D eigenvalue weighted by Crippen LogP contribution is 2.33. The van der Waals surface area contributed by atoms with Crippen LogP contribution in [0.5, 0.6) is 0 Å². The molecule has 0 radical (unpaired) electrons. The average molecular weight is 350 g/mol. The lowest BCUT2D eigenvalue weighted by atomic mass is 10.2. The van der Waals surface area contributed by atoms with Gasteiger partial charge in [0.15, 0.2) is 0 Å². The Bertz CT molecular complexity index is 893. The molecule has 1 aromatic carbocycles. The van der Waals surface area contributed by atoms with E-state index in [1.54, 1.807) is 12.4 Å². The molecule has 0 aliphatic carbocycles. The lowest BCUT2D eigenvalue weighted by Crippen LogP contribution is -2.30. The Hall–Kier alpha value is -2.73. The first-order valence-electron chi connectivity index (χ1n) is 8.23. The maximum Gasteiger partial charge on any atom is 0.270 e. The molecule has 2 aromatic heterocycles. The zero-order valence-corrected chi connectivity index (χ0v) is 14.7. The van der Waals surface area contributed by atoms with Crippen molar-refractivity contribution in [3.8, 4) is 10.7 Å². The molecule has 0 atom stereocenters. The molecule has 6 heteroatoms. The lowest BCUT2D eigenvalue weighted by molar-refractivity contribution is 0.0991. The number of pyridine rings is 1. The fraction of sp³-hybridized carbons (Fsp3) is 0.211. The quantitative estimate of drug-likeness (QED) is 0.707. The molecule has 0 spiro atoms. The number of fused-ring (bicyclic) bond motifs is 1. The smallest absolute Gasteiger partial charge is 0.270 e. The Morgan fingerprint density at radius 3 is 2.64 bits per heavy atom. The van der Waals surface area contributed by atoms with Crippen LogP contribution in [0.4, 0.5) is 11.4 Å². The Labute approximate surface area is 150 Å². The molecule has 126 valence electrons. The maximum absolute atomic E-state index is 13.1. The number of anilines is 2. The van der Waals surface area contributed by atoms with Crippen LogP contribution in [-0.4, -0.2) is 36.0 Å². The first-order chi connectivity index (χ1) is 12.2. The molecule has 0 saturated carbocycles. The molecule has 4 rings (SSSR count). The topological polar surface area (TPSA) is 49.3 Å². The fourth-order valence-corrected chi connectivity index (χ4v) is 3.89. The third kappa shape index (κ3) is 3.00. The van der Waals surface area contributed by atoms with E-state index in [1.165, 1.54) is 11.3 Å². The number of benzene rings is 1. The predicted octanol–water partition coefficient (Wildman–Crippen LogP) is 3.69. The van der Waals surface area contributed by atoms with Crippen LogP contribution >= 0.6 is 11.3 Å². The first kappa shape index (κ1) is 15.8. The summed E-state index contributed by atoms with van der Waals surface area (Å²) in [4.78, 5) is 26.5. The van der Waals surface area contributed by atoms with Crippen LogP contribution in [0.2, 0.25) is 0 Å². The molecule has 3 aromatic rings. The van der Waals surface area contributed by atoms with Gasteiger partial charge in [0.05, 0.1) is 23.3 Å². The Morgan fingerprint density at radius 1 is 1.04 bits per heavy atom. The minimum absolute atomic E-state index is 0.00225. The number of para-hydroxylation sites is 2. The Morgan fingerprint density at radius 2 is 1.84 bits per heavy atom. The van der Waals surface area contributed by atoms with Gasteiger partial charge in [0.1, 0.15) is 9.88 Å². The van der Waals surface area contributed by atoms with Crippen molar-refractivity contribution in [2.45, 2.75) is 6.42 Å². The van der Waals surface area contributed by atoms with Gasteiger partial charge in [-0.2, -0.15) is 0 Å². The van der Waals surface area contributed by atoms with Crippen molar-refractivity contribution in [1.82, 2.24) is 9.97 Å². The molecule has 3 heterocycles. The van der Waals surface area contributed by atoms with Crippen LogP contribution in [-0.2, 0) is 0 Å². The first-order valence-corrected chi connectivity index (χ1v) is 9.05. The van der Waals surface area contributed by atoms with Crippen molar-refractivity contribution in [3.05, 3.63) is 59.7 Å². The molecule has 5 nitrogen and oxygen atoms in total. The maximum atomic E-state index is 13.1. The summed E-state index contributed by atoms with van der Waals surface area (Å²) in [7, 11) is 2.07. The molecule has 1 aliphatic rings. The summed E-state index contributed by atoms with van der Waals surface area (Å²) in [5.74, 6) is 0.00225. The van der Waals surface area contributed by atoms with Gasteiger partial charge in [-0.25, -0.2) is 4.98 Å². The summed E-state index contributed by atoms with van der Waals surface area (Å²) < 4.78 is 0. The largest absolute Gasteiger partial charge is 0.373 e. The molecule has 25 heavy (non-hydrogen) atoms. The van der Waals surface area contributed by atoms with Crippen molar-refractivity contribution in [3.63, 3.8) is 0 Å². The number of hydrogen-bond donors (Lipinski definition) is 0. The van der Waals surface area contributed by atoms with Crippen molar-refractivity contribution in [2.24, 2.45) is 0 Å². The number of nitrogens with zero attached hydrogens (tertiary/aromatic N) is 4. The molecule has 0 saturated heterocycles. The second kappa shape index (κ2) is 6.64. The summed E-state index contributed by atoms with van der Waals surface area (Å²) in [6, 6.07) is 13.8. The van der Waals surface area contributed by atoms with Gasteiger partial charge in [-0.1, -0.05) is 18.2 Å². The summed E-state index contributed by atoms with van der Waals surface area (Å²) in [5, 5.41) is 0.768. The van der Waals surface area contributed by atoms with E-state index in [2.05, 4.69) is 28.0 Å². The summed E-state index contributed by atoms with van der Waals surface area (Å²) in [6.45, 7) is 1.64. The number of hydrogen-bond acceptors (Lipinski definition) is 5. The van der Waals surface area contributed by atoms with E-state index in [0.717, 1.165) is 35.0 Å². The van der Waals surface area contributed by atoms with Gasteiger partial charge in [-0.3, -0.25) is 9.78 Å². The standard InChI is InChI=1S/C19H18N4OS/c1-22-11-6-12-23(16-9-3-2-8-15(16)22)19(24)17-13-21-18(25-17)14-7-4-5-10-20-14/h2-5,7-10,13H,6,11-12H2,1H3. The van der Waals surface area contributed by atoms with E-state index < -0.39 is 0 Å². The van der Waals surface area contributed by atoms with E-state index in [1.807, 2.05) is 41.3 Å². The van der Waals surface area contributed by atoms with E-state index >= 15 is 0 Å². The molecular weight excluding hydrogens is 332 g/mol. The van der Waals surface area contributed by atoms with Crippen LogP contribution in [0.1, 0.15) is 16.1 Å². The lowest BCUT2D eigenvalue weighted by Gasteiger charge is -2.23. The number of rotatable bonds is 2. The third-order valence-corrected chi connectivity index (χ3v) is 5.31. The van der Waals surface area contributed by atoms with Gasteiger partial charge in [0.2, 0.25) is 0 Å². The molecule has 0 N–H and O–H groups in total. The van der Waals surface area contributed by atoms with E-state index in [9.17, 15) is 4.79 Å². The van der Waals surface area contributed by atoms with Gasteiger partial charge in [-0.15, -0.1) is 11.3 Å². The number of carbonyl (C=O) groups excluding carboxylic acids is 1. The summed E-state index contributed by atoms with van der Waals surface area (Å²) in [6.07, 6.45) is 4.33. The molecule has 0 fully saturated rings. The molecule has 0 bridgehead atoms. The monoisotopic (exact) mass is 350 g/mol. The van der Waals surface area contributed by atoms with Crippen LogP contribution in [0, 0.1) is 0 Å². The number of amides is 1. The van der Waals surface area contributed by atoms with Crippen molar-refractivity contribution in [1.29, 1.82) is 0 Å². The van der Waals surface area contributed by atoms with Gasteiger partial charge in [0.25, 0.3) is 5.91 Å². The fourth-order valence-electron chi connectivity index (χ4n) is 3.05. The SMILES string of the molecule is CN1CCCN(C(=O)c2cnc(-c3ccccn3)s2)c2ccccc21. The zero-order chi connectivity index (χ0) is 17.2. The minimum atomic E-state index is 0.00225. The van der Waals surface area contributed by atoms with Gasteiger partial charge in [0, 0.05) is 26.3 Å². The minimum Gasteiger partial charge on any atom is -0.373 e. The second-order valence-corrected chi connectivity index (χ2v) is 7.00. The normalized spacial score (nSPS) is 14.1. The van der Waals surface area contributed by atoms with Crippen molar-refractivity contribution >= 4 is 28.6 Å². The molecule has 1 aliphatic heterocycles. The molecule has 0 unspecified atom stereocenters. The van der Waals surface area contributed by atoms with Crippen LogP contribution in [0.25, 0.3) is 10.7 Å². The average Bonchev–Trinajstić information content (AvgIpc) is 3.09. The second-order valence-electron chi connectivity index (χ2n) is 5.97. The Balaban J connectivity index is 1.67. The van der Waals surface area contributed by atoms with Gasteiger partial charge >= 0.3 is 0 Å². The number of carbonyl (C=O) groups is 1. The summed E-state index contributed by atoms with van der Waals surface area (Å²) in [5.41, 5.74) is 2.84. The Kier molecular flexibility index (Phi) is 4.19. The molecular formula is C19H18N4OS. The van der Waals surface area contributed by atoms with Gasteiger partial charge in [-0.05, 0) is 30.7 Å². The molecule has 1 amide bonds. The highest BCUT2D eigenvalue weighted by Gasteiger charge is 2.25. The van der Waals surface area contributed by atoms with E-state index in [4.69, 9.17) is 0 Å². The van der Waals surface area contributed by atoms with Gasteiger partial charge < -0.3 is 9.80 Å². The van der Waals surface area contributed by atoms with Crippen LogP contribution in [0.15, 0.2) is 54.9 Å².